The number of hydrogen-bond acceptors (Lipinski definition) is 3. The highest BCUT2D eigenvalue weighted by Gasteiger charge is 2.32. The smallest absolute Gasteiger partial charge is 0.225 e. The van der Waals surface area contributed by atoms with Gasteiger partial charge in [0, 0.05) is 43.8 Å². The fourth-order valence-electron chi connectivity index (χ4n) is 3.32. The first-order chi connectivity index (χ1) is 9.74. The number of amides is 1. The maximum Gasteiger partial charge on any atom is 0.225 e. The maximum atomic E-state index is 12.4. The van der Waals surface area contributed by atoms with Crippen LogP contribution in [0.2, 0.25) is 0 Å². The second-order valence-electron chi connectivity index (χ2n) is 5.92. The van der Waals surface area contributed by atoms with Gasteiger partial charge in [-0.05, 0) is 31.4 Å². The van der Waals surface area contributed by atoms with Crippen molar-refractivity contribution in [2.45, 2.75) is 25.3 Å². The van der Waals surface area contributed by atoms with E-state index in [1.165, 1.54) is 5.69 Å². The van der Waals surface area contributed by atoms with Crippen LogP contribution < -0.4 is 10.6 Å². The summed E-state index contributed by atoms with van der Waals surface area (Å²) in [5.74, 6) is 0.499. The number of carbonyl (C=O) groups is 1. The van der Waals surface area contributed by atoms with Crippen LogP contribution in [0.5, 0.6) is 0 Å². The van der Waals surface area contributed by atoms with Crippen molar-refractivity contribution in [2.75, 3.05) is 31.1 Å². The van der Waals surface area contributed by atoms with Crippen LogP contribution in [0.15, 0.2) is 30.3 Å². The van der Waals surface area contributed by atoms with E-state index in [0.29, 0.717) is 5.91 Å². The van der Waals surface area contributed by atoms with Gasteiger partial charge in [-0.15, -0.1) is 24.8 Å². The molecule has 0 spiro atoms. The first-order valence-electron chi connectivity index (χ1n) is 7.58. The van der Waals surface area contributed by atoms with Gasteiger partial charge in [-0.3, -0.25) is 4.79 Å². The minimum atomic E-state index is 0. The minimum absolute atomic E-state index is 0. The fourth-order valence-corrected chi connectivity index (χ4v) is 3.32. The van der Waals surface area contributed by atoms with Gasteiger partial charge in [-0.2, -0.15) is 0 Å². The Kier molecular flexibility index (Phi) is 7.46. The summed E-state index contributed by atoms with van der Waals surface area (Å²) < 4.78 is 0. The summed E-state index contributed by atoms with van der Waals surface area (Å²) in [7, 11) is 0. The highest BCUT2D eigenvalue weighted by Crippen LogP contribution is 2.26. The summed E-state index contributed by atoms with van der Waals surface area (Å²) in [5, 5.41) is 0. The molecule has 0 radical (unpaired) electrons. The Hall–Kier alpha value is -0.970. The normalized spacial score (nSPS) is 24.4. The molecule has 2 N–H and O–H groups in total. The molecule has 2 atom stereocenters. The number of hydrogen-bond donors (Lipinski definition) is 1. The molecule has 6 heteroatoms. The number of para-hydroxylation sites is 1. The summed E-state index contributed by atoms with van der Waals surface area (Å²) in [6, 6.07) is 10.7. The molecule has 1 aromatic rings. The van der Waals surface area contributed by atoms with Gasteiger partial charge in [0.25, 0.3) is 0 Å². The van der Waals surface area contributed by atoms with E-state index in [2.05, 4.69) is 29.2 Å². The van der Waals surface area contributed by atoms with Crippen LogP contribution in [0, 0.1) is 5.92 Å². The van der Waals surface area contributed by atoms with E-state index >= 15 is 0 Å². The number of anilines is 1. The SMILES string of the molecule is Cl.Cl.NC1CCC(C(=O)N2CCN(c3ccccc3)CC2)C1. The van der Waals surface area contributed by atoms with Crippen LogP contribution in [-0.2, 0) is 4.79 Å². The Balaban J connectivity index is 0.00000121. The number of rotatable bonds is 2. The molecule has 1 heterocycles. The predicted molar refractivity (Wildman–Crippen MR) is 95.0 cm³/mol. The lowest BCUT2D eigenvalue weighted by molar-refractivity contribution is -0.135. The predicted octanol–water partition coefficient (Wildman–Crippen LogP) is 2.31. The average molecular weight is 346 g/mol. The van der Waals surface area contributed by atoms with E-state index in [9.17, 15) is 4.79 Å². The summed E-state index contributed by atoms with van der Waals surface area (Å²) in [6.07, 6.45) is 2.84. The Morgan fingerprint density at radius 2 is 1.64 bits per heavy atom. The lowest BCUT2D eigenvalue weighted by atomic mass is 10.1. The van der Waals surface area contributed by atoms with Gasteiger partial charge in [0.15, 0.2) is 0 Å². The zero-order valence-corrected chi connectivity index (χ0v) is 14.3. The highest BCUT2D eigenvalue weighted by atomic mass is 35.5. The summed E-state index contributed by atoms with van der Waals surface area (Å²) in [5.41, 5.74) is 7.16. The van der Waals surface area contributed by atoms with E-state index < -0.39 is 0 Å². The van der Waals surface area contributed by atoms with E-state index in [0.717, 1.165) is 45.4 Å². The van der Waals surface area contributed by atoms with Crippen LogP contribution in [0.1, 0.15) is 19.3 Å². The molecule has 1 aromatic carbocycles. The van der Waals surface area contributed by atoms with Crippen molar-refractivity contribution in [3.05, 3.63) is 30.3 Å². The zero-order valence-electron chi connectivity index (χ0n) is 12.7. The van der Waals surface area contributed by atoms with Gasteiger partial charge in [-0.25, -0.2) is 0 Å². The van der Waals surface area contributed by atoms with E-state index in [1.807, 2.05) is 11.0 Å². The third kappa shape index (κ3) is 4.28. The summed E-state index contributed by atoms with van der Waals surface area (Å²) >= 11 is 0. The first-order valence-corrected chi connectivity index (χ1v) is 7.58. The standard InChI is InChI=1S/C16H23N3O.2ClH/c17-14-7-6-13(12-14)16(20)19-10-8-18(9-11-19)15-4-2-1-3-5-15;;/h1-5,13-14H,6-12,17H2;2*1H. The topological polar surface area (TPSA) is 49.6 Å². The molecule has 0 bridgehead atoms. The maximum absolute atomic E-state index is 12.4. The average Bonchev–Trinajstić information content (AvgIpc) is 2.94. The number of nitrogens with two attached hydrogens (primary N) is 1. The molecule has 1 amide bonds. The second kappa shape index (κ2) is 8.61. The fraction of sp³-hybridized carbons (Fsp3) is 0.562. The van der Waals surface area contributed by atoms with Gasteiger partial charge >= 0.3 is 0 Å². The van der Waals surface area contributed by atoms with Crippen molar-refractivity contribution in [2.24, 2.45) is 11.7 Å². The molecule has 1 saturated heterocycles. The molecule has 1 saturated carbocycles. The van der Waals surface area contributed by atoms with Gasteiger partial charge in [-0.1, -0.05) is 18.2 Å². The minimum Gasteiger partial charge on any atom is -0.368 e. The molecule has 2 unspecified atom stereocenters. The van der Waals surface area contributed by atoms with Gasteiger partial charge < -0.3 is 15.5 Å². The summed E-state index contributed by atoms with van der Waals surface area (Å²) in [6.45, 7) is 3.52. The number of carbonyl (C=O) groups excluding carboxylic acids is 1. The second-order valence-corrected chi connectivity index (χ2v) is 5.92. The molecular weight excluding hydrogens is 321 g/mol. The molecule has 22 heavy (non-hydrogen) atoms. The van der Waals surface area contributed by atoms with Crippen molar-refractivity contribution in [1.29, 1.82) is 0 Å². The zero-order chi connectivity index (χ0) is 13.9. The van der Waals surface area contributed by atoms with Crippen LogP contribution in [0.25, 0.3) is 0 Å². The van der Waals surface area contributed by atoms with E-state index in [4.69, 9.17) is 5.73 Å². The third-order valence-electron chi connectivity index (χ3n) is 4.54. The molecule has 0 aromatic heterocycles. The summed E-state index contributed by atoms with van der Waals surface area (Å²) in [4.78, 5) is 16.8. The number of nitrogens with zero attached hydrogens (tertiary/aromatic N) is 2. The van der Waals surface area contributed by atoms with Crippen molar-refractivity contribution in [3.63, 3.8) is 0 Å². The number of halogens is 2. The molecule has 2 aliphatic rings. The van der Waals surface area contributed by atoms with Gasteiger partial charge in [0.1, 0.15) is 0 Å². The van der Waals surface area contributed by atoms with Crippen molar-refractivity contribution in [3.8, 4) is 0 Å². The highest BCUT2D eigenvalue weighted by molar-refractivity contribution is 5.85. The Labute approximate surface area is 144 Å². The Morgan fingerprint density at radius 3 is 2.18 bits per heavy atom. The van der Waals surface area contributed by atoms with Crippen molar-refractivity contribution < 1.29 is 4.79 Å². The molecule has 3 rings (SSSR count). The van der Waals surface area contributed by atoms with E-state index in [1.54, 1.807) is 0 Å². The number of piperazine rings is 1. The third-order valence-corrected chi connectivity index (χ3v) is 4.54. The molecule has 1 aliphatic carbocycles. The quantitative estimate of drug-likeness (QED) is 0.894. The van der Waals surface area contributed by atoms with Gasteiger partial charge in [0.05, 0.1) is 0 Å². The van der Waals surface area contributed by atoms with Crippen LogP contribution in [0.3, 0.4) is 0 Å². The monoisotopic (exact) mass is 345 g/mol. The largest absolute Gasteiger partial charge is 0.368 e. The molecule has 124 valence electrons. The lowest BCUT2D eigenvalue weighted by Crippen LogP contribution is -2.50. The van der Waals surface area contributed by atoms with Crippen LogP contribution in [-0.4, -0.2) is 43.0 Å². The Bertz CT molecular complexity index is 464. The molecule has 1 aliphatic heterocycles. The molecular formula is C16H25Cl2N3O. The first kappa shape index (κ1) is 19.1. The van der Waals surface area contributed by atoms with Crippen LogP contribution in [0.4, 0.5) is 5.69 Å². The van der Waals surface area contributed by atoms with Crippen molar-refractivity contribution >= 4 is 36.4 Å². The van der Waals surface area contributed by atoms with E-state index in [-0.39, 0.29) is 36.8 Å². The Morgan fingerprint density at radius 1 is 1.00 bits per heavy atom. The molecule has 2 fully saturated rings. The van der Waals surface area contributed by atoms with Gasteiger partial charge in [0.2, 0.25) is 5.91 Å². The molecule has 4 nitrogen and oxygen atoms in total. The van der Waals surface area contributed by atoms with Crippen molar-refractivity contribution in [1.82, 2.24) is 4.90 Å². The number of benzene rings is 1. The van der Waals surface area contributed by atoms with Crippen LogP contribution >= 0.6 is 24.8 Å². The lowest BCUT2D eigenvalue weighted by Gasteiger charge is -2.37.